The summed E-state index contributed by atoms with van der Waals surface area (Å²) in [7, 11) is 2.07. The lowest BCUT2D eigenvalue weighted by Gasteiger charge is -2.17. The number of halogens is 1. The monoisotopic (exact) mass is 305 g/mol. The number of benzene rings is 1. The highest BCUT2D eigenvalue weighted by atomic mass is 79.9. The molecular formula is C14H16BrN3. The van der Waals surface area contributed by atoms with Gasteiger partial charge in [0.25, 0.3) is 0 Å². The molecule has 0 atom stereocenters. The van der Waals surface area contributed by atoms with Crippen LogP contribution in [0.4, 0.5) is 5.69 Å². The van der Waals surface area contributed by atoms with E-state index in [0.29, 0.717) is 0 Å². The van der Waals surface area contributed by atoms with Crippen molar-refractivity contribution in [1.29, 1.82) is 0 Å². The highest BCUT2D eigenvalue weighted by molar-refractivity contribution is 9.10. The Balaban J connectivity index is 1.99. The lowest BCUT2D eigenvalue weighted by molar-refractivity contribution is 0.316. The smallest absolute Gasteiger partial charge is 0.0772 e. The van der Waals surface area contributed by atoms with Crippen LogP contribution in [0.1, 0.15) is 11.3 Å². The molecule has 94 valence electrons. The van der Waals surface area contributed by atoms with Crippen molar-refractivity contribution in [2.45, 2.75) is 13.1 Å². The molecule has 0 aliphatic rings. The SMILES string of the molecule is CN(Cc1ccc(Br)cc1)Cc1ncccc1N. The summed E-state index contributed by atoms with van der Waals surface area (Å²) in [4.78, 5) is 6.50. The summed E-state index contributed by atoms with van der Waals surface area (Å²) >= 11 is 3.43. The Labute approximate surface area is 116 Å². The first-order valence-electron chi connectivity index (χ1n) is 5.77. The van der Waals surface area contributed by atoms with Crippen molar-refractivity contribution in [2.75, 3.05) is 12.8 Å². The minimum Gasteiger partial charge on any atom is -0.397 e. The van der Waals surface area contributed by atoms with Crippen molar-refractivity contribution < 1.29 is 0 Å². The van der Waals surface area contributed by atoms with Gasteiger partial charge >= 0.3 is 0 Å². The van der Waals surface area contributed by atoms with Crippen molar-refractivity contribution in [3.8, 4) is 0 Å². The van der Waals surface area contributed by atoms with Crippen LogP contribution >= 0.6 is 15.9 Å². The molecule has 0 amide bonds. The number of hydrogen-bond acceptors (Lipinski definition) is 3. The zero-order valence-electron chi connectivity index (χ0n) is 10.3. The Kier molecular flexibility index (Phi) is 4.33. The Morgan fingerprint density at radius 2 is 1.89 bits per heavy atom. The summed E-state index contributed by atoms with van der Waals surface area (Å²) < 4.78 is 1.10. The van der Waals surface area contributed by atoms with Gasteiger partial charge in [-0.3, -0.25) is 9.88 Å². The van der Waals surface area contributed by atoms with Gasteiger partial charge in [0.05, 0.1) is 11.4 Å². The van der Waals surface area contributed by atoms with Crippen LogP contribution in [-0.2, 0) is 13.1 Å². The van der Waals surface area contributed by atoms with Gasteiger partial charge in [0, 0.05) is 23.8 Å². The Bertz CT molecular complexity index is 511. The number of aromatic nitrogens is 1. The number of rotatable bonds is 4. The molecule has 0 aliphatic carbocycles. The fourth-order valence-corrected chi connectivity index (χ4v) is 2.06. The molecule has 0 aliphatic heterocycles. The van der Waals surface area contributed by atoms with Gasteiger partial charge in [-0.2, -0.15) is 0 Å². The molecule has 3 nitrogen and oxygen atoms in total. The quantitative estimate of drug-likeness (QED) is 0.944. The molecule has 2 N–H and O–H groups in total. The van der Waals surface area contributed by atoms with Crippen LogP contribution in [0.3, 0.4) is 0 Å². The van der Waals surface area contributed by atoms with Crippen LogP contribution < -0.4 is 5.73 Å². The highest BCUT2D eigenvalue weighted by Gasteiger charge is 2.05. The van der Waals surface area contributed by atoms with E-state index in [1.54, 1.807) is 6.20 Å². The summed E-state index contributed by atoms with van der Waals surface area (Å²) in [6.07, 6.45) is 1.78. The number of nitrogen functional groups attached to an aromatic ring is 1. The summed E-state index contributed by atoms with van der Waals surface area (Å²) in [5.41, 5.74) is 8.84. The minimum absolute atomic E-state index is 0.750. The van der Waals surface area contributed by atoms with Crippen LogP contribution in [0.25, 0.3) is 0 Å². The molecule has 0 spiro atoms. The topological polar surface area (TPSA) is 42.2 Å². The molecule has 0 radical (unpaired) electrons. The average molecular weight is 306 g/mol. The third-order valence-corrected chi connectivity index (χ3v) is 3.24. The number of nitrogens with zero attached hydrogens (tertiary/aromatic N) is 2. The zero-order chi connectivity index (χ0) is 13.0. The highest BCUT2D eigenvalue weighted by Crippen LogP contribution is 2.14. The molecule has 0 bridgehead atoms. The predicted molar refractivity (Wildman–Crippen MR) is 78.0 cm³/mol. The number of anilines is 1. The van der Waals surface area contributed by atoms with Crippen molar-refractivity contribution in [1.82, 2.24) is 9.88 Å². The Hall–Kier alpha value is -1.39. The maximum Gasteiger partial charge on any atom is 0.0772 e. The van der Waals surface area contributed by atoms with Gasteiger partial charge in [-0.25, -0.2) is 0 Å². The third kappa shape index (κ3) is 3.55. The van der Waals surface area contributed by atoms with E-state index in [1.165, 1.54) is 5.56 Å². The molecular weight excluding hydrogens is 290 g/mol. The van der Waals surface area contributed by atoms with Gasteiger partial charge in [-0.15, -0.1) is 0 Å². The van der Waals surface area contributed by atoms with Gasteiger partial charge in [0.15, 0.2) is 0 Å². The molecule has 0 fully saturated rings. The van der Waals surface area contributed by atoms with Crippen molar-refractivity contribution in [2.24, 2.45) is 0 Å². The zero-order valence-corrected chi connectivity index (χ0v) is 11.9. The van der Waals surface area contributed by atoms with Crippen molar-refractivity contribution in [3.63, 3.8) is 0 Å². The Morgan fingerprint density at radius 3 is 2.56 bits per heavy atom. The molecule has 18 heavy (non-hydrogen) atoms. The van der Waals surface area contributed by atoms with E-state index in [0.717, 1.165) is 28.9 Å². The second kappa shape index (κ2) is 5.98. The second-order valence-electron chi connectivity index (χ2n) is 4.34. The largest absolute Gasteiger partial charge is 0.397 e. The fraction of sp³-hybridized carbons (Fsp3) is 0.214. The van der Waals surface area contributed by atoms with E-state index in [2.05, 4.69) is 57.1 Å². The van der Waals surface area contributed by atoms with Crippen LogP contribution in [0.2, 0.25) is 0 Å². The average Bonchev–Trinajstić information content (AvgIpc) is 2.35. The van der Waals surface area contributed by atoms with Crippen molar-refractivity contribution >= 4 is 21.6 Å². The first-order chi connectivity index (χ1) is 8.65. The third-order valence-electron chi connectivity index (χ3n) is 2.71. The standard InChI is InChI=1S/C14H16BrN3/c1-18(9-11-4-6-12(15)7-5-11)10-14-13(16)3-2-8-17-14/h2-8H,9-10,16H2,1H3. The second-order valence-corrected chi connectivity index (χ2v) is 5.25. The molecule has 0 saturated carbocycles. The first-order valence-corrected chi connectivity index (χ1v) is 6.57. The summed E-state index contributed by atoms with van der Waals surface area (Å²) in [5.74, 6) is 0. The summed E-state index contributed by atoms with van der Waals surface area (Å²) in [6, 6.07) is 12.1. The van der Waals surface area contributed by atoms with E-state index in [4.69, 9.17) is 5.73 Å². The number of hydrogen-bond donors (Lipinski definition) is 1. The molecule has 1 aromatic carbocycles. The van der Waals surface area contributed by atoms with Crippen LogP contribution in [-0.4, -0.2) is 16.9 Å². The fourth-order valence-electron chi connectivity index (χ4n) is 1.80. The van der Waals surface area contributed by atoms with E-state index in [1.807, 2.05) is 12.1 Å². The first kappa shape index (κ1) is 13.1. The molecule has 0 saturated heterocycles. The lowest BCUT2D eigenvalue weighted by Crippen LogP contribution is -2.18. The van der Waals surface area contributed by atoms with Crippen LogP contribution in [0, 0.1) is 0 Å². The van der Waals surface area contributed by atoms with E-state index < -0.39 is 0 Å². The molecule has 2 aromatic rings. The van der Waals surface area contributed by atoms with Gasteiger partial charge in [-0.1, -0.05) is 28.1 Å². The molecule has 0 unspecified atom stereocenters. The maximum atomic E-state index is 5.89. The van der Waals surface area contributed by atoms with E-state index >= 15 is 0 Å². The Morgan fingerprint density at radius 1 is 1.17 bits per heavy atom. The minimum atomic E-state index is 0.750. The van der Waals surface area contributed by atoms with Gasteiger partial charge in [-0.05, 0) is 36.9 Å². The number of pyridine rings is 1. The summed E-state index contributed by atoms with van der Waals surface area (Å²) in [6.45, 7) is 1.63. The van der Waals surface area contributed by atoms with Crippen LogP contribution in [0.15, 0.2) is 47.1 Å². The normalized spacial score (nSPS) is 10.8. The van der Waals surface area contributed by atoms with E-state index in [9.17, 15) is 0 Å². The van der Waals surface area contributed by atoms with Gasteiger partial charge in [0.1, 0.15) is 0 Å². The lowest BCUT2D eigenvalue weighted by atomic mass is 10.2. The molecule has 2 rings (SSSR count). The maximum absolute atomic E-state index is 5.89. The molecule has 1 aromatic heterocycles. The number of nitrogens with two attached hydrogens (primary N) is 1. The molecule has 1 heterocycles. The molecule has 4 heteroatoms. The van der Waals surface area contributed by atoms with Gasteiger partial charge in [0.2, 0.25) is 0 Å². The van der Waals surface area contributed by atoms with Crippen LogP contribution in [0.5, 0.6) is 0 Å². The van der Waals surface area contributed by atoms with Gasteiger partial charge < -0.3 is 5.73 Å². The van der Waals surface area contributed by atoms with Crippen molar-refractivity contribution in [3.05, 3.63) is 58.3 Å². The summed E-state index contributed by atoms with van der Waals surface area (Å²) in [5, 5.41) is 0. The predicted octanol–water partition coefficient (Wildman–Crippen LogP) is 3.06. The van der Waals surface area contributed by atoms with E-state index in [-0.39, 0.29) is 0 Å².